The van der Waals surface area contributed by atoms with Gasteiger partial charge in [0, 0.05) is 45.8 Å². The van der Waals surface area contributed by atoms with Crippen molar-refractivity contribution in [2.45, 2.75) is 13.5 Å². The van der Waals surface area contributed by atoms with Crippen molar-refractivity contribution in [3.8, 4) is 0 Å². The van der Waals surface area contributed by atoms with E-state index in [1.54, 1.807) is 20.3 Å². The standard InChI is InChI=1S/C17H20N6O2/c1-12-19-16(20-25-12)10-22-5-7-23(8-6-22)13-3-4-14-15(9-13)18-11-21(2)17(14)24/h3-4,9,11H,5-8,10H2,1-2H3. The van der Waals surface area contributed by atoms with E-state index >= 15 is 0 Å². The number of hydrogen-bond donors (Lipinski definition) is 0. The maximum atomic E-state index is 12.1. The average Bonchev–Trinajstić information content (AvgIpc) is 3.03. The fourth-order valence-electron chi connectivity index (χ4n) is 3.17. The van der Waals surface area contributed by atoms with E-state index in [2.05, 4.69) is 24.9 Å². The molecule has 130 valence electrons. The molecule has 0 bridgehead atoms. The number of piperazine rings is 1. The van der Waals surface area contributed by atoms with Gasteiger partial charge in [-0.15, -0.1) is 0 Å². The number of aromatic nitrogens is 4. The van der Waals surface area contributed by atoms with E-state index < -0.39 is 0 Å². The highest BCUT2D eigenvalue weighted by atomic mass is 16.5. The number of rotatable bonds is 3. The lowest BCUT2D eigenvalue weighted by Gasteiger charge is -2.35. The highest BCUT2D eigenvalue weighted by Crippen LogP contribution is 2.20. The highest BCUT2D eigenvalue weighted by molar-refractivity contribution is 5.81. The molecular weight excluding hydrogens is 320 g/mol. The van der Waals surface area contributed by atoms with Crippen LogP contribution < -0.4 is 10.5 Å². The maximum absolute atomic E-state index is 12.1. The second kappa shape index (κ2) is 6.29. The van der Waals surface area contributed by atoms with Crippen LogP contribution in [0.5, 0.6) is 0 Å². The normalized spacial score (nSPS) is 15.8. The molecule has 4 rings (SSSR count). The first kappa shape index (κ1) is 15.8. The molecule has 1 aliphatic heterocycles. The summed E-state index contributed by atoms with van der Waals surface area (Å²) in [4.78, 5) is 25.4. The molecule has 8 nitrogen and oxygen atoms in total. The van der Waals surface area contributed by atoms with E-state index in [4.69, 9.17) is 4.52 Å². The van der Waals surface area contributed by atoms with Gasteiger partial charge in [-0.25, -0.2) is 4.98 Å². The second-order valence-corrected chi connectivity index (χ2v) is 6.35. The second-order valence-electron chi connectivity index (χ2n) is 6.35. The molecule has 25 heavy (non-hydrogen) atoms. The highest BCUT2D eigenvalue weighted by Gasteiger charge is 2.19. The van der Waals surface area contributed by atoms with Crippen LogP contribution in [-0.2, 0) is 13.6 Å². The summed E-state index contributed by atoms with van der Waals surface area (Å²) in [6.45, 7) is 6.18. The Balaban J connectivity index is 1.46. The fourth-order valence-corrected chi connectivity index (χ4v) is 3.17. The van der Waals surface area contributed by atoms with Gasteiger partial charge < -0.3 is 14.0 Å². The Morgan fingerprint density at radius 2 is 2.00 bits per heavy atom. The fraction of sp³-hybridized carbons (Fsp3) is 0.412. The van der Waals surface area contributed by atoms with E-state index in [1.807, 2.05) is 18.2 Å². The number of hydrogen-bond acceptors (Lipinski definition) is 7. The number of aryl methyl sites for hydroxylation is 2. The van der Waals surface area contributed by atoms with Crippen LogP contribution in [0.4, 0.5) is 5.69 Å². The molecule has 0 aliphatic carbocycles. The molecule has 1 saturated heterocycles. The van der Waals surface area contributed by atoms with Gasteiger partial charge in [0.15, 0.2) is 5.82 Å². The Kier molecular flexibility index (Phi) is 3.96. The van der Waals surface area contributed by atoms with Crippen molar-refractivity contribution in [2.75, 3.05) is 31.1 Å². The lowest BCUT2D eigenvalue weighted by Crippen LogP contribution is -2.46. The number of nitrogens with zero attached hydrogens (tertiary/aromatic N) is 6. The third-order valence-electron chi connectivity index (χ3n) is 4.57. The van der Waals surface area contributed by atoms with Crippen LogP contribution in [0, 0.1) is 6.92 Å². The van der Waals surface area contributed by atoms with Crippen molar-refractivity contribution < 1.29 is 4.52 Å². The molecule has 0 N–H and O–H groups in total. The molecule has 1 aromatic carbocycles. The van der Waals surface area contributed by atoms with Crippen molar-refractivity contribution >= 4 is 16.6 Å². The summed E-state index contributed by atoms with van der Waals surface area (Å²) in [6.07, 6.45) is 1.57. The largest absolute Gasteiger partial charge is 0.369 e. The summed E-state index contributed by atoms with van der Waals surface area (Å²) < 4.78 is 6.52. The Hall–Kier alpha value is -2.74. The van der Waals surface area contributed by atoms with Crippen molar-refractivity contribution in [1.29, 1.82) is 0 Å². The summed E-state index contributed by atoms with van der Waals surface area (Å²) in [6, 6.07) is 5.87. The molecule has 8 heteroatoms. The van der Waals surface area contributed by atoms with E-state index in [0.717, 1.165) is 43.2 Å². The van der Waals surface area contributed by atoms with Gasteiger partial charge in [-0.1, -0.05) is 5.16 Å². The van der Waals surface area contributed by atoms with Gasteiger partial charge in [-0.2, -0.15) is 4.98 Å². The first-order valence-electron chi connectivity index (χ1n) is 8.32. The maximum Gasteiger partial charge on any atom is 0.260 e. The Bertz CT molecular complexity index is 955. The quantitative estimate of drug-likeness (QED) is 0.702. The first-order chi connectivity index (χ1) is 12.1. The monoisotopic (exact) mass is 340 g/mol. The van der Waals surface area contributed by atoms with Gasteiger partial charge >= 0.3 is 0 Å². The summed E-state index contributed by atoms with van der Waals surface area (Å²) in [5.41, 5.74) is 1.82. The SMILES string of the molecule is Cc1nc(CN2CCN(c3ccc4c(=O)n(C)cnc4c3)CC2)no1. The lowest BCUT2D eigenvalue weighted by molar-refractivity contribution is 0.240. The molecule has 2 aromatic heterocycles. The van der Waals surface area contributed by atoms with Gasteiger partial charge in [0.2, 0.25) is 5.89 Å². The van der Waals surface area contributed by atoms with Crippen LogP contribution in [0.2, 0.25) is 0 Å². The summed E-state index contributed by atoms with van der Waals surface area (Å²) in [5.74, 6) is 1.33. The van der Waals surface area contributed by atoms with Crippen molar-refractivity contribution in [2.24, 2.45) is 7.05 Å². The Morgan fingerprint density at radius 1 is 1.20 bits per heavy atom. The van der Waals surface area contributed by atoms with Crippen LogP contribution >= 0.6 is 0 Å². The van der Waals surface area contributed by atoms with Crippen molar-refractivity contribution in [1.82, 2.24) is 24.6 Å². The zero-order valence-corrected chi connectivity index (χ0v) is 14.3. The molecule has 0 unspecified atom stereocenters. The molecule has 0 radical (unpaired) electrons. The predicted molar refractivity (Wildman–Crippen MR) is 93.5 cm³/mol. The van der Waals surface area contributed by atoms with Gasteiger partial charge in [0.25, 0.3) is 5.56 Å². The molecular formula is C17H20N6O2. The number of fused-ring (bicyclic) bond motifs is 1. The van der Waals surface area contributed by atoms with Crippen LogP contribution in [-0.4, -0.2) is 50.8 Å². The van der Waals surface area contributed by atoms with E-state index in [1.165, 1.54) is 4.57 Å². The molecule has 1 aliphatic rings. The third kappa shape index (κ3) is 3.12. The first-order valence-corrected chi connectivity index (χ1v) is 8.32. The van der Waals surface area contributed by atoms with Gasteiger partial charge in [0.1, 0.15) is 0 Å². The number of anilines is 1. The van der Waals surface area contributed by atoms with Crippen LogP contribution in [0.15, 0.2) is 33.8 Å². The zero-order chi connectivity index (χ0) is 17.4. The molecule has 0 spiro atoms. The summed E-state index contributed by atoms with van der Waals surface area (Å²) in [5, 5.41) is 4.61. The van der Waals surface area contributed by atoms with Gasteiger partial charge in [0.05, 0.1) is 23.8 Å². The van der Waals surface area contributed by atoms with E-state index in [9.17, 15) is 4.79 Å². The Labute approximate surface area is 144 Å². The Morgan fingerprint density at radius 3 is 2.72 bits per heavy atom. The molecule has 0 atom stereocenters. The zero-order valence-electron chi connectivity index (χ0n) is 14.3. The minimum absolute atomic E-state index is 0.0169. The van der Waals surface area contributed by atoms with Crippen molar-refractivity contribution in [3.05, 3.63) is 46.6 Å². The van der Waals surface area contributed by atoms with Crippen molar-refractivity contribution in [3.63, 3.8) is 0 Å². The predicted octanol–water partition coefficient (Wildman–Crippen LogP) is 0.947. The molecule has 3 aromatic rings. The van der Waals surface area contributed by atoms with Gasteiger partial charge in [-0.3, -0.25) is 9.69 Å². The molecule has 0 amide bonds. The topological polar surface area (TPSA) is 80.3 Å². The van der Waals surface area contributed by atoms with E-state index in [0.29, 0.717) is 17.8 Å². The minimum Gasteiger partial charge on any atom is -0.369 e. The number of benzene rings is 1. The van der Waals surface area contributed by atoms with Crippen LogP contribution in [0.25, 0.3) is 10.9 Å². The minimum atomic E-state index is -0.0169. The summed E-state index contributed by atoms with van der Waals surface area (Å²) >= 11 is 0. The average molecular weight is 340 g/mol. The summed E-state index contributed by atoms with van der Waals surface area (Å²) in [7, 11) is 1.72. The smallest absolute Gasteiger partial charge is 0.260 e. The van der Waals surface area contributed by atoms with E-state index in [-0.39, 0.29) is 5.56 Å². The van der Waals surface area contributed by atoms with Crippen LogP contribution in [0.3, 0.4) is 0 Å². The van der Waals surface area contributed by atoms with Crippen LogP contribution in [0.1, 0.15) is 11.7 Å². The van der Waals surface area contributed by atoms with Gasteiger partial charge in [-0.05, 0) is 18.2 Å². The molecule has 3 heterocycles. The molecule has 1 fully saturated rings. The lowest BCUT2D eigenvalue weighted by atomic mass is 10.2. The molecule has 0 saturated carbocycles. The third-order valence-corrected chi connectivity index (χ3v) is 4.57.